The molecule has 0 amide bonds. The quantitative estimate of drug-likeness (QED) is 0.406. The van der Waals surface area contributed by atoms with Crippen LogP contribution in [0, 0.1) is 13.8 Å². The Morgan fingerprint density at radius 1 is 1.26 bits per heavy atom. The van der Waals surface area contributed by atoms with Crippen LogP contribution >= 0.6 is 15.9 Å². The summed E-state index contributed by atoms with van der Waals surface area (Å²) < 4.78 is 41.4. The molecule has 1 unspecified atom stereocenters. The van der Waals surface area contributed by atoms with E-state index in [2.05, 4.69) is 31.2 Å². The number of hydrogen-bond donors (Lipinski definition) is 2. The van der Waals surface area contributed by atoms with Gasteiger partial charge in [-0.25, -0.2) is 9.97 Å². The zero-order chi connectivity index (χ0) is 22.5. The molecule has 0 radical (unpaired) electrons. The topological polar surface area (TPSA) is 80.0 Å². The Hall–Kier alpha value is -2.46. The van der Waals surface area contributed by atoms with Crippen LogP contribution < -0.4 is 10.9 Å². The van der Waals surface area contributed by atoms with Crippen molar-refractivity contribution in [1.82, 2.24) is 14.5 Å². The number of nitrogens with one attached hydrogen (secondary N) is 1. The van der Waals surface area contributed by atoms with Crippen LogP contribution in [0.25, 0.3) is 10.9 Å². The minimum atomic E-state index is -4.45. The van der Waals surface area contributed by atoms with Gasteiger partial charge in [-0.15, -0.1) is 0 Å². The van der Waals surface area contributed by atoms with Gasteiger partial charge in [0, 0.05) is 18.3 Å². The highest BCUT2D eigenvalue weighted by Crippen LogP contribution is 2.37. The monoisotopic (exact) mass is 496 g/mol. The van der Waals surface area contributed by atoms with Crippen molar-refractivity contribution >= 4 is 32.7 Å². The molecule has 2 aromatic heterocycles. The minimum absolute atomic E-state index is 0.105. The van der Waals surface area contributed by atoms with E-state index in [0.717, 1.165) is 6.07 Å². The van der Waals surface area contributed by atoms with Gasteiger partial charge in [-0.1, -0.05) is 28.1 Å². The number of aliphatic hydroxyl groups is 1. The Labute approximate surface area is 184 Å². The molecule has 164 valence electrons. The predicted molar refractivity (Wildman–Crippen MR) is 114 cm³/mol. The molecule has 1 saturated carbocycles. The van der Waals surface area contributed by atoms with E-state index in [4.69, 9.17) is 0 Å². The van der Waals surface area contributed by atoms with E-state index in [9.17, 15) is 23.1 Å². The Morgan fingerprint density at radius 3 is 2.61 bits per heavy atom. The first-order valence-electron chi connectivity index (χ1n) is 9.70. The summed E-state index contributed by atoms with van der Waals surface area (Å²) >= 11 is 3.44. The smallest absolute Gasteiger partial charge is 0.393 e. The van der Waals surface area contributed by atoms with Gasteiger partial charge in [0.15, 0.2) is 0 Å². The zero-order valence-corrected chi connectivity index (χ0v) is 18.3. The number of benzene rings is 1. The number of hydrogen-bond acceptors (Lipinski definition) is 5. The van der Waals surface area contributed by atoms with Gasteiger partial charge in [-0.3, -0.25) is 4.79 Å². The van der Waals surface area contributed by atoms with Crippen molar-refractivity contribution in [3.05, 3.63) is 63.3 Å². The van der Waals surface area contributed by atoms with Crippen LogP contribution in [0.1, 0.15) is 46.3 Å². The summed E-state index contributed by atoms with van der Waals surface area (Å²) in [5.74, 6) is 0.821. The molecule has 1 aromatic carbocycles. The molecule has 1 fully saturated rings. The lowest BCUT2D eigenvalue weighted by Crippen LogP contribution is -2.36. The average molecular weight is 497 g/mol. The van der Waals surface area contributed by atoms with Gasteiger partial charge < -0.3 is 15.0 Å². The number of aliphatic hydroxyl groups excluding tert-OH is 1. The summed E-state index contributed by atoms with van der Waals surface area (Å²) in [5, 5.41) is 13.3. The molecule has 10 heteroatoms. The van der Waals surface area contributed by atoms with E-state index >= 15 is 0 Å². The number of aryl methyl sites for hydroxylation is 1. The molecular weight excluding hydrogens is 477 g/mol. The molecule has 0 bridgehead atoms. The first-order chi connectivity index (χ1) is 14.5. The molecule has 0 saturated heterocycles. The summed E-state index contributed by atoms with van der Waals surface area (Å²) in [7, 11) is 0. The maximum atomic E-state index is 13.3. The van der Waals surface area contributed by atoms with E-state index in [1.807, 2.05) is 0 Å². The number of rotatable bonds is 4. The van der Waals surface area contributed by atoms with Crippen molar-refractivity contribution in [2.45, 2.75) is 50.0 Å². The minimum Gasteiger partial charge on any atom is -0.393 e. The molecule has 1 aliphatic carbocycles. The van der Waals surface area contributed by atoms with Crippen molar-refractivity contribution in [1.29, 1.82) is 0 Å². The zero-order valence-electron chi connectivity index (χ0n) is 16.7. The fourth-order valence-corrected chi connectivity index (χ4v) is 4.56. The fourth-order valence-electron chi connectivity index (χ4n) is 3.85. The normalized spacial score (nSPS) is 19.8. The summed E-state index contributed by atoms with van der Waals surface area (Å²) in [6.07, 6.45) is -2.24. The van der Waals surface area contributed by atoms with Crippen LogP contribution in [-0.4, -0.2) is 25.7 Å². The Kier molecular flexibility index (Phi) is 5.55. The van der Waals surface area contributed by atoms with E-state index < -0.39 is 22.8 Å². The van der Waals surface area contributed by atoms with Gasteiger partial charge in [-0.05, 0) is 43.9 Å². The second-order valence-electron chi connectivity index (χ2n) is 7.74. The van der Waals surface area contributed by atoms with Crippen molar-refractivity contribution in [2.75, 3.05) is 5.32 Å². The maximum Gasteiger partial charge on any atom is 0.416 e. The van der Waals surface area contributed by atoms with Crippen LogP contribution in [0.3, 0.4) is 0 Å². The Balaban J connectivity index is 1.74. The second-order valence-corrected chi connectivity index (χ2v) is 8.66. The van der Waals surface area contributed by atoms with Crippen molar-refractivity contribution in [2.24, 2.45) is 0 Å². The molecule has 0 aliphatic heterocycles. The highest BCUT2D eigenvalue weighted by atomic mass is 79.9. The number of pyridine rings is 1. The molecule has 6 nitrogen and oxygen atoms in total. The summed E-state index contributed by atoms with van der Waals surface area (Å²) in [5.41, 5.74) is 0.0565. The van der Waals surface area contributed by atoms with Crippen molar-refractivity contribution in [3.8, 4) is 0 Å². The number of fused-ring (bicyclic) bond motifs is 1. The summed E-state index contributed by atoms with van der Waals surface area (Å²) in [4.78, 5) is 20.6. The van der Waals surface area contributed by atoms with Gasteiger partial charge in [0.2, 0.25) is 0 Å². The molecule has 31 heavy (non-hydrogen) atoms. The third-order valence-corrected chi connectivity index (χ3v) is 6.29. The Bertz CT molecular complexity index is 1210. The molecule has 2 heterocycles. The van der Waals surface area contributed by atoms with E-state index in [1.54, 1.807) is 23.8 Å². The van der Waals surface area contributed by atoms with Gasteiger partial charge in [0.05, 0.1) is 22.6 Å². The predicted octanol–water partition coefficient (Wildman–Crippen LogP) is 4.63. The molecular formula is C21H20BrF3N4O2. The van der Waals surface area contributed by atoms with Crippen LogP contribution in [0.2, 0.25) is 0 Å². The SMILES string of the molecule is Cc1nc(NC(Br)c2cccc(C(F)(F)F)c2C)c2cn(C3CC(O)C3)c(=O)cc2n1. The molecule has 2 N–H and O–H groups in total. The lowest BCUT2D eigenvalue weighted by atomic mass is 9.89. The number of alkyl halides is 4. The summed E-state index contributed by atoms with van der Waals surface area (Å²) in [6, 6.07) is 5.34. The van der Waals surface area contributed by atoms with Crippen LogP contribution in [-0.2, 0) is 6.18 Å². The second kappa shape index (κ2) is 7.90. The van der Waals surface area contributed by atoms with Gasteiger partial charge >= 0.3 is 6.18 Å². The van der Waals surface area contributed by atoms with E-state index in [1.165, 1.54) is 19.1 Å². The number of anilines is 1. The van der Waals surface area contributed by atoms with Crippen LogP contribution in [0.5, 0.6) is 0 Å². The molecule has 1 aliphatic rings. The molecule has 4 rings (SSSR count). The third kappa shape index (κ3) is 4.18. The fraction of sp³-hybridized carbons (Fsp3) is 0.381. The lowest BCUT2D eigenvalue weighted by Gasteiger charge is -2.33. The van der Waals surface area contributed by atoms with E-state index in [-0.39, 0.29) is 17.2 Å². The van der Waals surface area contributed by atoms with Crippen LogP contribution in [0.4, 0.5) is 19.0 Å². The standard InChI is InChI=1S/C21H20BrF3N4O2/c1-10-14(4-3-5-16(10)21(23,24)25)19(22)28-20-15-9-29(12-6-13(30)7-12)18(31)8-17(15)26-11(2)27-20/h3-5,8-9,12-13,19,30H,6-7H2,1-2H3,(H,26,27,28). The average Bonchev–Trinajstić information content (AvgIpc) is 2.64. The highest BCUT2D eigenvalue weighted by Gasteiger charge is 2.34. The van der Waals surface area contributed by atoms with Crippen molar-refractivity contribution < 1.29 is 18.3 Å². The highest BCUT2D eigenvalue weighted by molar-refractivity contribution is 9.09. The first-order valence-corrected chi connectivity index (χ1v) is 10.6. The van der Waals surface area contributed by atoms with Gasteiger partial charge in [-0.2, -0.15) is 13.2 Å². The Morgan fingerprint density at radius 2 is 1.97 bits per heavy atom. The first kappa shape index (κ1) is 21.8. The summed E-state index contributed by atoms with van der Waals surface area (Å²) in [6.45, 7) is 3.11. The third-order valence-electron chi connectivity index (χ3n) is 5.57. The molecule has 0 spiro atoms. The molecule has 3 aromatic rings. The van der Waals surface area contributed by atoms with Crippen molar-refractivity contribution in [3.63, 3.8) is 0 Å². The molecule has 1 atom stereocenters. The van der Waals surface area contributed by atoms with Crippen LogP contribution in [0.15, 0.2) is 35.3 Å². The maximum absolute atomic E-state index is 13.3. The number of halogens is 4. The largest absolute Gasteiger partial charge is 0.416 e. The number of aromatic nitrogens is 3. The van der Waals surface area contributed by atoms with E-state index in [0.29, 0.717) is 41.0 Å². The van der Waals surface area contributed by atoms with Gasteiger partial charge in [0.1, 0.15) is 16.6 Å². The lowest BCUT2D eigenvalue weighted by molar-refractivity contribution is -0.138. The number of nitrogens with zero attached hydrogens (tertiary/aromatic N) is 3. The van der Waals surface area contributed by atoms with Gasteiger partial charge in [0.25, 0.3) is 5.56 Å².